The number of hydrogen-bond acceptors (Lipinski definition) is 4. The molecule has 1 atom stereocenters. The summed E-state index contributed by atoms with van der Waals surface area (Å²) in [7, 11) is 0. The fourth-order valence-electron chi connectivity index (χ4n) is 4.77. The third kappa shape index (κ3) is 4.41. The Kier molecular flexibility index (Phi) is 5.70. The fourth-order valence-corrected chi connectivity index (χ4v) is 4.77. The molecule has 4 aromatic rings. The Morgan fingerprint density at radius 3 is 2.78 bits per heavy atom. The SMILES string of the molecule is Cc1cc(C)n2ncc(CN3CCCC(c4ccc(Cc5cccc(F)c5)cn4)C3)c2n1. The van der Waals surface area contributed by atoms with Crippen LogP contribution in [0.5, 0.6) is 0 Å². The van der Waals surface area contributed by atoms with Crippen molar-refractivity contribution >= 4 is 5.65 Å². The van der Waals surface area contributed by atoms with Crippen LogP contribution in [0.25, 0.3) is 5.65 Å². The van der Waals surface area contributed by atoms with E-state index in [1.54, 1.807) is 12.1 Å². The summed E-state index contributed by atoms with van der Waals surface area (Å²) in [6, 6.07) is 13.1. The van der Waals surface area contributed by atoms with Gasteiger partial charge < -0.3 is 0 Å². The molecular weight excluding hydrogens is 401 g/mol. The molecular formula is C26H28FN5. The molecule has 4 heterocycles. The quantitative estimate of drug-likeness (QED) is 0.455. The lowest BCUT2D eigenvalue weighted by molar-refractivity contribution is 0.199. The second kappa shape index (κ2) is 8.79. The molecule has 0 radical (unpaired) electrons. The van der Waals surface area contributed by atoms with E-state index in [1.807, 2.05) is 29.9 Å². The van der Waals surface area contributed by atoms with Crippen molar-refractivity contribution in [2.75, 3.05) is 13.1 Å². The van der Waals surface area contributed by atoms with Crippen LogP contribution in [0.15, 0.2) is 54.9 Å². The van der Waals surface area contributed by atoms with Gasteiger partial charge >= 0.3 is 0 Å². The van der Waals surface area contributed by atoms with Crippen LogP contribution in [0.3, 0.4) is 0 Å². The van der Waals surface area contributed by atoms with E-state index < -0.39 is 0 Å². The highest BCUT2D eigenvalue weighted by atomic mass is 19.1. The summed E-state index contributed by atoms with van der Waals surface area (Å²) in [5.74, 6) is 0.228. The van der Waals surface area contributed by atoms with Crippen molar-refractivity contribution in [3.63, 3.8) is 0 Å². The number of likely N-dealkylation sites (tertiary alicyclic amines) is 1. The van der Waals surface area contributed by atoms with E-state index in [9.17, 15) is 4.39 Å². The molecule has 1 aliphatic heterocycles. The highest BCUT2D eigenvalue weighted by molar-refractivity contribution is 5.48. The lowest BCUT2D eigenvalue weighted by Gasteiger charge is -2.32. The zero-order valence-electron chi connectivity index (χ0n) is 18.6. The molecule has 0 aliphatic carbocycles. The molecule has 0 bridgehead atoms. The second-order valence-corrected chi connectivity index (χ2v) is 8.92. The molecule has 0 saturated carbocycles. The van der Waals surface area contributed by atoms with Crippen LogP contribution in [-0.4, -0.2) is 37.6 Å². The molecule has 32 heavy (non-hydrogen) atoms. The van der Waals surface area contributed by atoms with Gasteiger partial charge in [0.05, 0.1) is 6.20 Å². The Morgan fingerprint density at radius 2 is 1.97 bits per heavy atom. The maximum Gasteiger partial charge on any atom is 0.159 e. The number of fused-ring (bicyclic) bond motifs is 1. The monoisotopic (exact) mass is 429 g/mol. The fraction of sp³-hybridized carbons (Fsp3) is 0.346. The standard InChI is InChI=1S/C26H28FN5/c1-18-11-19(2)32-26(30-18)23(15-29-32)17-31-10-4-6-22(16-31)25-9-8-21(14-28-25)12-20-5-3-7-24(27)13-20/h3,5,7-9,11,13-15,22H,4,6,10,12,16-17H2,1-2H3. The average Bonchev–Trinajstić information content (AvgIpc) is 3.17. The number of halogens is 1. The Morgan fingerprint density at radius 1 is 1.06 bits per heavy atom. The van der Waals surface area contributed by atoms with E-state index >= 15 is 0 Å². The van der Waals surface area contributed by atoms with Gasteiger partial charge in [-0.1, -0.05) is 18.2 Å². The predicted molar refractivity (Wildman–Crippen MR) is 123 cm³/mol. The molecule has 6 heteroatoms. The van der Waals surface area contributed by atoms with Crippen molar-refractivity contribution in [1.29, 1.82) is 0 Å². The normalized spacial score (nSPS) is 17.2. The predicted octanol–water partition coefficient (Wildman–Crippen LogP) is 4.85. The number of piperidine rings is 1. The van der Waals surface area contributed by atoms with Gasteiger partial charge in [-0.05, 0) is 75.0 Å². The zero-order chi connectivity index (χ0) is 22.1. The van der Waals surface area contributed by atoms with Gasteiger partial charge in [0, 0.05) is 47.8 Å². The summed E-state index contributed by atoms with van der Waals surface area (Å²) in [5.41, 5.74) is 7.49. The minimum Gasteiger partial charge on any atom is -0.298 e. The number of benzene rings is 1. The van der Waals surface area contributed by atoms with E-state index in [0.29, 0.717) is 12.3 Å². The molecule has 3 aromatic heterocycles. The first kappa shape index (κ1) is 20.8. The smallest absolute Gasteiger partial charge is 0.159 e. The lowest BCUT2D eigenvalue weighted by Crippen LogP contribution is -2.34. The van der Waals surface area contributed by atoms with Gasteiger partial charge in [0.2, 0.25) is 0 Å². The Hall–Kier alpha value is -3.12. The van der Waals surface area contributed by atoms with E-state index in [4.69, 9.17) is 9.97 Å². The van der Waals surface area contributed by atoms with Crippen molar-refractivity contribution in [1.82, 2.24) is 24.5 Å². The molecule has 0 amide bonds. The maximum atomic E-state index is 13.4. The van der Waals surface area contributed by atoms with Gasteiger partial charge in [0.15, 0.2) is 5.65 Å². The number of rotatable bonds is 5. The summed E-state index contributed by atoms with van der Waals surface area (Å²) in [4.78, 5) is 12.0. The first-order valence-electron chi connectivity index (χ1n) is 11.3. The van der Waals surface area contributed by atoms with Crippen molar-refractivity contribution in [3.8, 4) is 0 Å². The largest absolute Gasteiger partial charge is 0.298 e. The van der Waals surface area contributed by atoms with Crippen LogP contribution in [0, 0.1) is 19.7 Å². The molecule has 0 N–H and O–H groups in total. The molecule has 164 valence electrons. The van der Waals surface area contributed by atoms with Crippen LogP contribution < -0.4 is 0 Å². The molecule has 1 unspecified atom stereocenters. The third-order valence-corrected chi connectivity index (χ3v) is 6.31. The topological polar surface area (TPSA) is 46.3 Å². The number of aryl methyl sites for hydroxylation is 2. The molecule has 1 fully saturated rings. The first-order chi connectivity index (χ1) is 15.5. The highest BCUT2D eigenvalue weighted by Crippen LogP contribution is 2.27. The highest BCUT2D eigenvalue weighted by Gasteiger charge is 2.23. The number of aromatic nitrogens is 4. The first-order valence-corrected chi connectivity index (χ1v) is 11.3. The minimum atomic E-state index is -0.193. The summed E-state index contributed by atoms with van der Waals surface area (Å²) >= 11 is 0. The number of nitrogens with zero attached hydrogens (tertiary/aromatic N) is 5. The molecule has 1 saturated heterocycles. The summed E-state index contributed by atoms with van der Waals surface area (Å²) in [5, 5.41) is 4.54. The van der Waals surface area contributed by atoms with Crippen molar-refractivity contribution < 1.29 is 4.39 Å². The van der Waals surface area contributed by atoms with Gasteiger partial charge in [0.1, 0.15) is 5.82 Å². The Balaban J connectivity index is 1.27. The van der Waals surface area contributed by atoms with Gasteiger partial charge in [-0.2, -0.15) is 5.10 Å². The minimum absolute atomic E-state index is 0.193. The second-order valence-electron chi connectivity index (χ2n) is 8.92. The molecule has 1 aromatic carbocycles. The number of pyridine rings is 1. The van der Waals surface area contributed by atoms with E-state index in [0.717, 1.165) is 66.3 Å². The third-order valence-electron chi connectivity index (χ3n) is 6.31. The lowest BCUT2D eigenvalue weighted by atomic mass is 9.93. The zero-order valence-corrected chi connectivity index (χ0v) is 18.6. The van der Waals surface area contributed by atoms with Gasteiger partial charge in [-0.3, -0.25) is 9.88 Å². The van der Waals surface area contributed by atoms with Crippen LogP contribution >= 0.6 is 0 Å². The van der Waals surface area contributed by atoms with Gasteiger partial charge in [-0.15, -0.1) is 0 Å². The van der Waals surface area contributed by atoms with E-state index in [-0.39, 0.29) is 5.82 Å². The Labute approximate surface area is 187 Å². The Bertz CT molecular complexity index is 1230. The van der Waals surface area contributed by atoms with E-state index in [2.05, 4.69) is 35.1 Å². The molecule has 0 spiro atoms. The van der Waals surface area contributed by atoms with Gasteiger partial charge in [0.25, 0.3) is 0 Å². The van der Waals surface area contributed by atoms with E-state index in [1.165, 1.54) is 11.6 Å². The average molecular weight is 430 g/mol. The molecule has 5 nitrogen and oxygen atoms in total. The van der Waals surface area contributed by atoms with Crippen molar-refractivity contribution in [3.05, 3.63) is 94.4 Å². The van der Waals surface area contributed by atoms with Crippen LogP contribution in [0.2, 0.25) is 0 Å². The van der Waals surface area contributed by atoms with Crippen molar-refractivity contribution in [2.45, 2.75) is 45.6 Å². The van der Waals surface area contributed by atoms with Crippen LogP contribution in [0.1, 0.15) is 52.5 Å². The summed E-state index contributed by atoms with van der Waals surface area (Å²) in [6.45, 7) is 7.02. The molecule has 1 aliphatic rings. The van der Waals surface area contributed by atoms with Gasteiger partial charge in [-0.25, -0.2) is 13.9 Å². The summed E-state index contributed by atoms with van der Waals surface area (Å²) in [6.07, 6.45) is 6.90. The molecule has 5 rings (SSSR count). The van der Waals surface area contributed by atoms with Crippen LogP contribution in [0.4, 0.5) is 4.39 Å². The number of hydrogen-bond donors (Lipinski definition) is 0. The summed E-state index contributed by atoms with van der Waals surface area (Å²) < 4.78 is 15.4. The van der Waals surface area contributed by atoms with Crippen LogP contribution in [-0.2, 0) is 13.0 Å². The van der Waals surface area contributed by atoms with Crippen molar-refractivity contribution in [2.24, 2.45) is 0 Å². The maximum absolute atomic E-state index is 13.4.